The molecule has 0 aliphatic carbocycles. The van der Waals surface area contributed by atoms with Crippen molar-refractivity contribution in [2.24, 2.45) is 0 Å². The van der Waals surface area contributed by atoms with Crippen molar-refractivity contribution in [1.29, 1.82) is 0 Å². The van der Waals surface area contributed by atoms with Crippen LogP contribution in [0.15, 0.2) is 24.3 Å². The maximum atomic E-state index is 11.4. The number of carbonyl (C=O) groups is 1. The fourth-order valence-corrected chi connectivity index (χ4v) is 1.76. The second kappa shape index (κ2) is 6.57. The Balaban J connectivity index is 2.75. The molecule has 1 N–H and O–H groups in total. The molecule has 0 bridgehead atoms. The standard InChI is InChI=1S/C15H22O4/c1-5-18-14(16)10-15(4,17)12-6-8-13(9-7-12)19-11(2)3/h6-9,11,17H,5,10H2,1-4H3. The lowest BCUT2D eigenvalue weighted by Crippen LogP contribution is -2.26. The summed E-state index contributed by atoms with van der Waals surface area (Å²) >= 11 is 0. The number of hydrogen-bond acceptors (Lipinski definition) is 4. The zero-order valence-corrected chi connectivity index (χ0v) is 12.0. The predicted molar refractivity (Wildman–Crippen MR) is 73.0 cm³/mol. The molecular weight excluding hydrogens is 244 g/mol. The molecule has 0 saturated heterocycles. The first-order chi connectivity index (χ1) is 8.85. The minimum Gasteiger partial charge on any atom is -0.491 e. The number of ether oxygens (including phenoxy) is 2. The molecular formula is C15H22O4. The Kier molecular flexibility index (Phi) is 5.36. The van der Waals surface area contributed by atoms with E-state index in [4.69, 9.17) is 9.47 Å². The van der Waals surface area contributed by atoms with Gasteiger partial charge in [-0.1, -0.05) is 12.1 Å². The van der Waals surface area contributed by atoms with Crippen molar-refractivity contribution in [1.82, 2.24) is 0 Å². The Morgan fingerprint density at radius 3 is 2.37 bits per heavy atom. The summed E-state index contributed by atoms with van der Waals surface area (Å²) in [6.07, 6.45) is 0.0384. The van der Waals surface area contributed by atoms with Gasteiger partial charge in [0.25, 0.3) is 0 Å². The normalized spacial score (nSPS) is 14.0. The number of benzene rings is 1. The first-order valence-corrected chi connectivity index (χ1v) is 6.50. The summed E-state index contributed by atoms with van der Waals surface area (Å²) in [4.78, 5) is 11.4. The van der Waals surface area contributed by atoms with Crippen LogP contribution in [0.4, 0.5) is 0 Å². The SMILES string of the molecule is CCOC(=O)CC(C)(O)c1ccc(OC(C)C)cc1. The second-order valence-corrected chi connectivity index (χ2v) is 4.95. The lowest BCUT2D eigenvalue weighted by Gasteiger charge is -2.23. The molecule has 0 amide bonds. The van der Waals surface area contributed by atoms with Crippen LogP contribution in [0.3, 0.4) is 0 Å². The van der Waals surface area contributed by atoms with Crippen molar-refractivity contribution in [2.45, 2.75) is 45.8 Å². The van der Waals surface area contributed by atoms with Crippen LogP contribution in [0.5, 0.6) is 5.75 Å². The number of hydrogen-bond donors (Lipinski definition) is 1. The average Bonchev–Trinajstić information content (AvgIpc) is 2.28. The Labute approximate surface area is 114 Å². The van der Waals surface area contributed by atoms with E-state index in [1.54, 1.807) is 38.1 Å². The fraction of sp³-hybridized carbons (Fsp3) is 0.533. The Bertz CT molecular complexity index is 407. The molecule has 4 heteroatoms. The Morgan fingerprint density at radius 1 is 1.32 bits per heavy atom. The number of rotatable bonds is 6. The maximum Gasteiger partial charge on any atom is 0.309 e. The quantitative estimate of drug-likeness (QED) is 0.804. The molecule has 1 aromatic carbocycles. The highest BCUT2D eigenvalue weighted by Gasteiger charge is 2.27. The van der Waals surface area contributed by atoms with E-state index in [2.05, 4.69) is 0 Å². The van der Waals surface area contributed by atoms with Crippen molar-refractivity contribution in [3.8, 4) is 5.75 Å². The zero-order valence-electron chi connectivity index (χ0n) is 12.0. The third-order valence-electron chi connectivity index (χ3n) is 2.64. The summed E-state index contributed by atoms with van der Waals surface area (Å²) in [7, 11) is 0. The van der Waals surface area contributed by atoms with E-state index in [1.165, 1.54) is 0 Å². The summed E-state index contributed by atoms with van der Waals surface area (Å²) in [5.74, 6) is 0.334. The molecule has 0 saturated carbocycles. The molecule has 1 atom stereocenters. The third kappa shape index (κ3) is 4.91. The minimum atomic E-state index is -1.23. The molecule has 0 aliphatic rings. The molecule has 1 unspecified atom stereocenters. The van der Waals surface area contributed by atoms with Crippen LogP contribution in [-0.2, 0) is 15.1 Å². The molecule has 106 valence electrons. The molecule has 0 radical (unpaired) electrons. The van der Waals surface area contributed by atoms with Gasteiger partial charge in [0.15, 0.2) is 0 Å². The van der Waals surface area contributed by atoms with Gasteiger partial charge in [0.05, 0.1) is 24.7 Å². The van der Waals surface area contributed by atoms with E-state index in [0.717, 1.165) is 5.75 Å². The van der Waals surface area contributed by atoms with Gasteiger partial charge in [-0.3, -0.25) is 4.79 Å². The van der Waals surface area contributed by atoms with Gasteiger partial charge in [0, 0.05) is 0 Å². The maximum absolute atomic E-state index is 11.4. The largest absolute Gasteiger partial charge is 0.491 e. The number of aliphatic hydroxyl groups is 1. The van der Waals surface area contributed by atoms with Gasteiger partial charge in [-0.2, -0.15) is 0 Å². The highest BCUT2D eigenvalue weighted by atomic mass is 16.5. The molecule has 0 aromatic heterocycles. The average molecular weight is 266 g/mol. The molecule has 0 aliphatic heterocycles. The lowest BCUT2D eigenvalue weighted by molar-refractivity contribution is -0.148. The van der Waals surface area contributed by atoms with Gasteiger partial charge in [-0.15, -0.1) is 0 Å². The van der Waals surface area contributed by atoms with Crippen LogP contribution in [0.2, 0.25) is 0 Å². The monoisotopic (exact) mass is 266 g/mol. The van der Waals surface area contributed by atoms with E-state index >= 15 is 0 Å². The predicted octanol–water partition coefficient (Wildman–Crippen LogP) is 2.63. The van der Waals surface area contributed by atoms with Gasteiger partial charge >= 0.3 is 5.97 Å². The summed E-state index contributed by atoms with van der Waals surface area (Å²) in [5, 5.41) is 10.3. The first kappa shape index (κ1) is 15.5. The zero-order chi connectivity index (χ0) is 14.5. The molecule has 1 aromatic rings. The third-order valence-corrected chi connectivity index (χ3v) is 2.64. The molecule has 4 nitrogen and oxygen atoms in total. The molecule has 0 heterocycles. The smallest absolute Gasteiger partial charge is 0.309 e. The van der Waals surface area contributed by atoms with Crippen molar-refractivity contribution in [3.05, 3.63) is 29.8 Å². The van der Waals surface area contributed by atoms with E-state index in [1.807, 2.05) is 13.8 Å². The summed E-state index contributed by atoms with van der Waals surface area (Å²) in [5.41, 5.74) is -0.570. The van der Waals surface area contributed by atoms with Crippen molar-refractivity contribution in [2.75, 3.05) is 6.61 Å². The summed E-state index contributed by atoms with van der Waals surface area (Å²) in [6.45, 7) is 7.55. The fourth-order valence-electron chi connectivity index (χ4n) is 1.76. The molecule has 1 rings (SSSR count). The van der Waals surface area contributed by atoms with Crippen LogP contribution < -0.4 is 4.74 Å². The molecule has 0 fully saturated rings. The van der Waals surface area contributed by atoms with Crippen LogP contribution in [-0.4, -0.2) is 23.8 Å². The minimum absolute atomic E-state index is 0.0643. The molecule has 19 heavy (non-hydrogen) atoms. The van der Waals surface area contributed by atoms with E-state index in [0.29, 0.717) is 12.2 Å². The number of carbonyl (C=O) groups excluding carboxylic acids is 1. The Morgan fingerprint density at radius 2 is 1.89 bits per heavy atom. The van der Waals surface area contributed by atoms with Gasteiger partial charge in [-0.05, 0) is 45.4 Å². The van der Waals surface area contributed by atoms with Crippen LogP contribution in [0.1, 0.15) is 39.7 Å². The van der Waals surface area contributed by atoms with Gasteiger partial charge in [-0.25, -0.2) is 0 Å². The van der Waals surface area contributed by atoms with Crippen LogP contribution in [0.25, 0.3) is 0 Å². The molecule has 0 spiro atoms. The second-order valence-electron chi connectivity index (χ2n) is 4.95. The van der Waals surface area contributed by atoms with E-state index in [9.17, 15) is 9.90 Å². The van der Waals surface area contributed by atoms with Crippen LogP contribution in [0, 0.1) is 0 Å². The van der Waals surface area contributed by atoms with Crippen molar-refractivity contribution >= 4 is 5.97 Å². The topological polar surface area (TPSA) is 55.8 Å². The first-order valence-electron chi connectivity index (χ1n) is 6.50. The summed E-state index contributed by atoms with van der Waals surface area (Å²) in [6, 6.07) is 7.10. The highest BCUT2D eigenvalue weighted by molar-refractivity contribution is 5.71. The highest BCUT2D eigenvalue weighted by Crippen LogP contribution is 2.27. The van der Waals surface area contributed by atoms with Gasteiger partial charge in [0.1, 0.15) is 5.75 Å². The van der Waals surface area contributed by atoms with Crippen molar-refractivity contribution in [3.63, 3.8) is 0 Å². The van der Waals surface area contributed by atoms with E-state index in [-0.39, 0.29) is 12.5 Å². The van der Waals surface area contributed by atoms with E-state index < -0.39 is 11.6 Å². The van der Waals surface area contributed by atoms with Gasteiger partial charge < -0.3 is 14.6 Å². The van der Waals surface area contributed by atoms with Gasteiger partial charge in [0.2, 0.25) is 0 Å². The number of esters is 1. The summed E-state index contributed by atoms with van der Waals surface area (Å²) < 4.78 is 10.4. The van der Waals surface area contributed by atoms with Crippen LogP contribution >= 0.6 is 0 Å². The Hall–Kier alpha value is -1.55. The lowest BCUT2D eigenvalue weighted by atomic mass is 9.92. The van der Waals surface area contributed by atoms with Crippen molar-refractivity contribution < 1.29 is 19.4 Å².